The minimum absolute atomic E-state index is 0.0141. The Kier molecular flexibility index (Phi) is 5.00. The molecule has 2 bridgehead atoms. The van der Waals surface area contributed by atoms with Crippen LogP contribution in [0.5, 0.6) is 11.5 Å². The van der Waals surface area contributed by atoms with Crippen LogP contribution in [0.1, 0.15) is 31.2 Å². The second kappa shape index (κ2) is 7.62. The maximum Gasteiger partial charge on any atom is 0.261 e. The predicted molar refractivity (Wildman–Crippen MR) is 112 cm³/mol. The van der Waals surface area contributed by atoms with Gasteiger partial charge in [-0.1, -0.05) is 11.6 Å². The molecule has 2 N–H and O–H groups in total. The Labute approximate surface area is 188 Å². The fraction of sp³-hybridized carbons (Fsp3) is 0.391. The van der Waals surface area contributed by atoms with E-state index in [1.807, 2.05) is 0 Å². The lowest BCUT2D eigenvalue weighted by Crippen LogP contribution is -2.84. The third kappa shape index (κ3) is 3.88. The molecule has 0 spiro atoms. The van der Waals surface area contributed by atoms with E-state index >= 15 is 0 Å². The molecule has 0 unspecified atom stereocenters. The van der Waals surface area contributed by atoms with Gasteiger partial charge in [0.25, 0.3) is 11.8 Å². The highest BCUT2D eigenvalue weighted by molar-refractivity contribution is 6.30. The van der Waals surface area contributed by atoms with Gasteiger partial charge in [-0.3, -0.25) is 9.59 Å². The summed E-state index contributed by atoms with van der Waals surface area (Å²) in [5, 5.41) is 6.00. The van der Waals surface area contributed by atoms with Crippen molar-refractivity contribution in [3.05, 3.63) is 58.6 Å². The third-order valence-electron chi connectivity index (χ3n) is 6.34. The van der Waals surface area contributed by atoms with E-state index in [-0.39, 0.29) is 46.1 Å². The zero-order chi connectivity index (χ0) is 22.5. The number of benzene rings is 2. The lowest BCUT2D eigenvalue weighted by molar-refractivity contribution is -0.154. The summed E-state index contributed by atoms with van der Waals surface area (Å²) in [6, 6.07) is 8.29. The normalized spacial score (nSPS) is 27.2. The molecule has 6 nitrogen and oxygen atoms in total. The number of halogens is 3. The Morgan fingerprint density at radius 3 is 2.59 bits per heavy atom. The summed E-state index contributed by atoms with van der Waals surface area (Å²) in [7, 11) is 0. The first-order chi connectivity index (χ1) is 15.2. The molecule has 3 fully saturated rings. The van der Waals surface area contributed by atoms with Crippen LogP contribution in [0.15, 0.2) is 36.4 Å². The molecular weight excluding hydrogens is 442 g/mol. The Morgan fingerprint density at radius 2 is 1.84 bits per heavy atom. The highest BCUT2D eigenvalue weighted by Gasteiger charge is 2.69. The first kappa shape index (κ1) is 21.0. The van der Waals surface area contributed by atoms with Crippen LogP contribution in [-0.4, -0.2) is 35.6 Å². The average molecular weight is 463 g/mol. The van der Waals surface area contributed by atoms with E-state index in [1.165, 1.54) is 24.3 Å². The van der Waals surface area contributed by atoms with Crippen molar-refractivity contribution in [1.29, 1.82) is 0 Å². The van der Waals surface area contributed by atoms with E-state index in [9.17, 15) is 18.4 Å². The van der Waals surface area contributed by atoms with Crippen molar-refractivity contribution in [1.82, 2.24) is 10.6 Å². The zero-order valence-corrected chi connectivity index (χ0v) is 17.8. The molecule has 0 aromatic heterocycles. The summed E-state index contributed by atoms with van der Waals surface area (Å²) in [6.45, 7) is -0.238. The molecule has 3 saturated carbocycles. The summed E-state index contributed by atoms with van der Waals surface area (Å²) in [5.74, 6) is -0.659. The van der Waals surface area contributed by atoms with Crippen molar-refractivity contribution in [2.24, 2.45) is 0 Å². The van der Waals surface area contributed by atoms with Crippen LogP contribution in [0.3, 0.4) is 0 Å². The fourth-order valence-corrected chi connectivity index (χ4v) is 5.10. The topological polar surface area (TPSA) is 76.7 Å². The third-order valence-corrected chi connectivity index (χ3v) is 6.65. The van der Waals surface area contributed by atoms with Crippen LogP contribution in [0.25, 0.3) is 0 Å². The molecule has 1 atom stereocenters. The van der Waals surface area contributed by atoms with Gasteiger partial charge in [0.1, 0.15) is 23.1 Å². The maximum absolute atomic E-state index is 13.4. The summed E-state index contributed by atoms with van der Waals surface area (Å²) in [6.07, 6.45) is 2.38. The van der Waals surface area contributed by atoms with Crippen LogP contribution < -0.4 is 20.1 Å². The standard InChI is InChI=1S/C23H21ClF2N2O4/c24-16-4-3-15(8-17(16)26)31-9-20(29)27-22-10-23(11-22,12-22)28-21(30)19-5-1-13-7-14(25)2-6-18(13)32-19/h2-4,6-8,19H,1,5,9-12H2,(H,27,29)(H,28,30)/t19-,22?,23?/m1/s1. The molecule has 1 aliphatic heterocycles. The number of carbonyl (C=O) groups excluding carboxylic acids is 2. The zero-order valence-electron chi connectivity index (χ0n) is 17.1. The summed E-state index contributed by atoms with van der Waals surface area (Å²) < 4.78 is 37.9. The largest absolute Gasteiger partial charge is 0.484 e. The van der Waals surface area contributed by atoms with Gasteiger partial charge in [-0.05, 0) is 68.0 Å². The summed E-state index contributed by atoms with van der Waals surface area (Å²) in [5.41, 5.74) is 0.109. The number of ether oxygens (including phenoxy) is 2. The van der Waals surface area contributed by atoms with Crippen LogP contribution in [0, 0.1) is 11.6 Å². The minimum Gasteiger partial charge on any atom is -0.484 e. The van der Waals surface area contributed by atoms with E-state index in [2.05, 4.69) is 10.6 Å². The predicted octanol–water partition coefficient (Wildman–Crippen LogP) is 3.30. The van der Waals surface area contributed by atoms with E-state index in [4.69, 9.17) is 21.1 Å². The molecule has 0 radical (unpaired) electrons. The van der Waals surface area contributed by atoms with Crippen molar-refractivity contribution in [2.75, 3.05) is 6.61 Å². The van der Waals surface area contributed by atoms with Gasteiger partial charge in [-0.15, -0.1) is 0 Å². The van der Waals surface area contributed by atoms with Gasteiger partial charge >= 0.3 is 0 Å². The van der Waals surface area contributed by atoms with E-state index in [1.54, 1.807) is 6.07 Å². The van der Waals surface area contributed by atoms with E-state index in [0.29, 0.717) is 37.9 Å². The van der Waals surface area contributed by atoms with Crippen LogP contribution in [0.2, 0.25) is 5.02 Å². The van der Waals surface area contributed by atoms with Crippen molar-refractivity contribution < 1.29 is 27.8 Å². The second-order valence-corrected chi connectivity index (χ2v) is 9.30. The quantitative estimate of drug-likeness (QED) is 0.690. The molecule has 3 aliphatic carbocycles. The van der Waals surface area contributed by atoms with Crippen LogP contribution in [0.4, 0.5) is 8.78 Å². The van der Waals surface area contributed by atoms with Crippen LogP contribution in [-0.2, 0) is 16.0 Å². The number of carbonyl (C=O) groups is 2. The highest BCUT2D eigenvalue weighted by Crippen LogP contribution is 2.60. The number of rotatable bonds is 6. The fourth-order valence-electron chi connectivity index (χ4n) is 4.98. The van der Waals surface area contributed by atoms with Crippen molar-refractivity contribution in [2.45, 2.75) is 49.3 Å². The maximum atomic E-state index is 13.4. The smallest absolute Gasteiger partial charge is 0.261 e. The molecule has 4 aliphatic rings. The van der Waals surface area contributed by atoms with Crippen molar-refractivity contribution in [3.63, 3.8) is 0 Å². The number of nitrogens with one attached hydrogen (secondary N) is 2. The molecule has 6 rings (SSSR count). The number of fused-ring (bicyclic) bond motifs is 1. The average Bonchev–Trinajstić information content (AvgIpc) is 2.71. The van der Waals surface area contributed by atoms with Gasteiger partial charge in [-0.2, -0.15) is 0 Å². The van der Waals surface area contributed by atoms with Gasteiger partial charge in [-0.25, -0.2) is 8.78 Å². The number of hydrogen-bond donors (Lipinski definition) is 2. The Bertz CT molecular complexity index is 1090. The number of aryl methyl sites for hydroxylation is 1. The molecule has 0 saturated heterocycles. The lowest BCUT2D eigenvalue weighted by Gasteiger charge is -2.70. The Hall–Kier alpha value is -2.87. The minimum atomic E-state index is -0.612. The summed E-state index contributed by atoms with van der Waals surface area (Å²) in [4.78, 5) is 24.9. The lowest BCUT2D eigenvalue weighted by atomic mass is 9.44. The molecule has 9 heteroatoms. The second-order valence-electron chi connectivity index (χ2n) is 8.89. The van der Waals surface area contributed by atoms with Gasteiger partial charge in [0.2, 0.25) is 0 Å². The molecule has 2 aromatic carbocycles. The van der Waals surface area contributed by atoms with E-state index in [0.717, 1.165) is 11.6 Å². The van der Waals surface area contributed by atoms with Crippen molar-refractivity contribution >= 4 is 23.4 Å². The molecule has 2 aromatic rings. The van der Waals surface area contributed by atoms with Crippen LogP contribution >= 0.6 is 11.6 Å². The molecule has 32 heavy (non-hydrogen) atoms. The van der Waals surface area contributed by atoms with E-state index < -0.39 is 11.9 Å². The molecule has 2 amide bonds. The van der Waals surface area contributed by atoms with Gasteiger partial charge in [0.05, 0.1) is 5.02 Å². The number of hydrogen-bond acceptors (Lipinski definition) is 4. The monoisotopic (exact) mass is 462 g/mol. The van der Waals surface area contributed by atoms with Crippen molar-refractivity contribution in [3.8, 4) is 11.5 Å². The molecular formula is C23H21ClF2N2O4. The van der Waals surface area contributed by atoms with Gasteiger partial charge in [0.15, 0.2) is 12.7 Å². The first-order valence-corrected chi connectivity index (χ1v) is 10.8. The molecule has 168 valence electrons. The molecule has 1 heterocycles. The number of amides is 2. The van der Waals surface area contributed by atoms with Gasteiger partial charge in [0, 0.05) is 17.1 Å². The Balaban J connectivity index is 1.08. The first-order valence-electron chi connectivity index (χ1n) is 10.4. The SMILES string of the molecule is O=C(COc1ccc(Cl)c(F)c1)NC12CC(NC(=O)[C@H]3CCc4cc(F)ccc4O3)(C1)C2. The highest BCUT2D eigenvalue weighted by atomic mass is 35.5. The van der Waals surface area contributed by atoms with Gasteiger partial charge < -0.3 is 20.1 Å². The summed E-state index contributed by atoms with van der Waals surface area (Å²) >= 11 is 5.63. The Morgan fingerprint density at radius 1 is 1.09 bits per heavy atom.